The number of alkyl halides is 3. The van der Waals surface area contributed by atoms with Gasteiger partial charge in [0.05, 0.1) is 12.1 Å². The fourth-order valence-corrected chi connectivity index (χ4v) is 8.03. The molecule has 288 valence electrons. The van der Waals surface area contributed by atoms with Gasteiger partial charge in [-0.2, -0.15) is 13.2 Å². The minimum Gasteiger partial charge on any atom is -0.349 e. The number of rotatable bonds is 16. The Kier molecular flexibility index (Phi) is 14.7. The highest BCUT2D eigenvalue weighted by molar-refractivity contribution is 6.38. The summed E-state index contributed by atoms with van der Waals surface area (Å²) < 4.78 is 39.7. The van der Waals surface area contributed by atoms with E-state index in [0.717, 1.165) is 64.2 Å². The number of ketones is 2. The summed E-state index contributed by atoms with van der Waals surface area (Å²) in [5.41, 5.74) is 0. The van der Waals surface area contributed by atoms with Gasteiger partial charge in [0.15, 0.2) is 5.78 Å². The average Bonchev–Trinajstić information content (AvgIpc) is 3.86. The standard InChI is InChI=1S/C37H58F3N5O6/c1-4-19-41-34(49)32(47)27(17-18-37(38,39)40)42-33(48)28-20-26(22(2)3)21-45(28)35(50)30(24-13-9-6-10-14-24)44-36(51)43-29(31(46)25-15-16-25)23-11-7-5-8-12-23/h22-30H,4-21H2,1-3H3,(H,41,49)(H,42,48)(H2,43,44,51)/t26-,27?,28+,29+,30+/m1/s1. The van der Waals surface area contributed by atoms with Crippen molar-refractivity contribution in [3.8, 4) is 0 Å². The van der Waals surface area contributed by atoms with E-state index in [1.54, 1.807) is 6.92 Å². The molecule has 0 radical (unpaired) electrons. The molecule has 1 aliphatic heterocycles. The Hall–Kier alpha value is -3.19. The number of hydrogen-bond donors (Lipinski definition) is 4. The molecule has 3 aliphatic carbocycles. The molecule has 0 aromatic heterocycles. The van der Waals surface area contributed by atoms with Crippen LogP contribution in [0.3, 0.4) is 0 Å². The van der Waals surface area contributed by atoms with Crippen LogP contribution in [0.15, 0.2) is 0 Å². The Morgan fingerprint density at radius 2 is 1.33 bits per heavy atom. The lowest BCUT2D eigenvalue weighted by atomic mass is 9.81. The zero-order valence-electron chi connectivity index (χ0n) is 30.5. The maximum absolute atomic E-state index is 14.6. The summed E-state index contributed by atoms with van der Waals surface area (Å²) in [4.78, 5) is 82.4. The van der Waals surface area contributed by atoms with E-state index in [-0.39, 0.29) is 54.9 Å². The third kappa shape index (κ3) is 11.7. The zero-order chi connectivity index (χ0) is 37.3. The predicted molar refractivity (Wildman–Crippen MR) is 184 cm³/mol. The number of nitrogens with one attached hydrogen (secondary N) is 4. The van der Waals surface area contributed by atoms with Crippen molar-refractivity contribution in [2.24, 2.45) is 29.6 Å². The lowest BCUT2D eigenvalue weighted by molar-refractivity contribution is -0.147. The van der Waals surface area contributed by atoms with E-state index in [0.29, 0.717) is 19.3 Å². The number of nitrogens with zero attached hydrogens (tertiary/aromatic N) is 1. The molecule has 4 aliphatic rings. The van der Waals surface area contributed by atoms with E-state index < -0.39 is 72.7 Å². The van der Waals surface area contributed by atoms with Gasteiger partial charge in [-0.25, -0.2) is 4.79 Å². The number of likely N-dealkylation sites (tertiary alicyclic amines) is 1. The van der Waals surface area contributed by atoms with Crippen molar-refractivity contribution in [3.05, 3.63) is 0 Å². The topological polar surface area (TPSA) is 154 Å². The molecule has 1 unspecified atom stereocenters. The van der Waals surface area contributed by atoms with Crippen LogP contribution in [-0.4, -0.2) is 83.7 Å². The first kappa shape index (κ1) is 40.6. The van der Waals surface area contributed by atoms with Crippen LogP contribution in [-0.2, 0) is 24.0 Å². The maximum atomic E-state index is 14.6. The van der Waals surface area contributed by atoms with Gasteiger partial charge in [0.1, 0.15) is 12.1 Å². The number of carbonyl (C=O) groups is 6. The van der Waals surface area contributed by atoms with Gasteiger partial charge in [0.25, 0.3) is 5.91 Å². The van der Waals surface area contributed by atoms with Crippen molar-refractivity contribution in [1.29, 1.82) is 0 Å². The second-order valence-corrected chi connectivity index (χ2v) is 15.6. The summed E-state index contributed by atoms with van der Waals surface area (Å²) in [5.74, 6) is -3.79. The largest absolute Gasteiger partial charge is 0.389 e. The molecule has 1 heterocycles. The van der Waals surface area contributed by atoms with Gasteiger partial charge in [-0.05, 0) is 81.5 Å². The fourth-order valence-electron chi connectivity index (χ4n) is 8.03. The van der Waals surface area contributed by atoms with Crippen molar-refractivity contribution < 1.29 is 41.9 Å². The summed E-state index contributed by atoms with van der Waals surface area (Å²) in [6.45, 7) is 5.99. The molecule has 4 rings (SSSR count). The minimum absolute atomic E-state index is 0.0388. The van der Waals surface area contributed by atoms with Crippen LogP contribution in [0.25, 0.3) is 0 Å². The highest BCUT2D eigenvalue weighted by atomic mass is 19.4. The number of hydrogen-bond acceptors (Lipinski definition) is 6. The van der Waals surface area contributed by atoms with Crippen molar-refractivity contribution in [3.63, 3.8) is 0 Å². The molecule has 5 amide bonds. The Bertz CT molecular complexity index is 1250. The monoisotopic (exact) mass is 725 g/mol. The van der Waals surface area contributed by atoms with Gasteiger partial charge in [-0.15, -0.1) is 0 Å². The second-order valence-electron chi connectivity index (χ2n) is 15.6. The number of carbonyl (C=O) groups excluding carboxylic acids is 6. The van der Waals surface area contributed by atoms with Gasteiger partial charge >= 0.3 is 12.2 Å². The van der Waals surface area contributed by atoms with Gasteiger partial charge in [-0.1, -0.05) is 59.3 Å². The first-order valence-corrected chi connectivity index (χ1v) is 19.3. The quantitative estimate of drug-likeness (QED) is 0.165. The molecular formula is C37H58F3N5O6. The van der Waals surface area contributed by atoms with Crippen LogP contribution in [0, 0.1) is 29.6 Å². The highest BCUT2D eigenvalue weighted by Crippen LogP contribution is 2.36. The Morgan fingerprint density at radius 3 is 1.86 bits per heavy atom. The molecule has 51 heavy (non-hydrogen) atoms. The Morgan fingerprint density at radius 1 is 0.765 bits per heavy atom. The van der Waals surface area contributed by atoms with Gasteiger partial charge < -0.3 is 26.2 Å². The molecule has 0 bridgehead atoms. The molecule has 1 saturated heterocycles. The fraction of sp³-hybridized carbons (Fsp3) is 0.838. The normalized spacial score (nSPS) is 23.6. The third-order valence-corrected chi connectivity index (χ3v) is 11.3. The third-order valence-electron chi connectivity index (χ3n) is 11.3. The molecule has 4 N–H and O–H groups in total. The van der Waals surface area contributed by atoms with Crippen molar-refractivity contribution in [1.82, 2.24) is 26.2 Å². The van der Waals surface area contributed by atoms with Gasteiger partial charge in [-0.3, -0.25) is 24.0 Å². The van der Waals surface area contributed by atoms with E-state index in [1.807, 2.05) is 13.8 Å². The lowest BCUT2D eigenvalue weighted by Crippen LogP contribution is -2.60. The molecule has 0 aromatic carbocycles. The highest BCUT2D eigenvalue weighted by Gasteiger charge is 2.46. The molecule has 0 aromatic rings. The maximum Gasteiger partial charge on any atom is 0.389 e. The number of halogens is 3. The number of Topliss-reactive ketones (excluding diaryl/α,β-unsaturated/α-hetero) is 2. The van der Waals surface area contributed by atoms with Crippen molar-refractivity contribution in [2.75, 3.05) is 13.1 Å². The summed E-state index contributed by atoms with van der Waals surface area (Å²) in [5, 5.41) is 10.7. The van der Waals surface area contributed by atoms with E-state index in [9.17, 15) is 41.9 Å². The average molecular weight is 726 g/mol. The van der Waals surface area contributed by atoms with E-state index >= 15 is 0 Å². The molecule has 14 heteroatoms. The summed E-state index contributed by atoms with van der Waals surface area (Å²) in [6, 6.07) is -5.06. The van der Waals surface area contributed by atoms with Gasteiger partial charge in [0.2, 0.25) is 17.6 Å². The van der Waals surface area contributed by atoms with Crippen LogP contribution in [0.1, 0.15) is 124 Å². The van der Waals surface area contributed by atoms with Crippen LogP contribution in [0.5, 0.6) is 0 Å². The van der Waals surface area contributed by atoms with Crippen LogP contribution < -0.4 is 21.3 Å². The SMILES string of the molecule is CCCNC(=O)C(=O)C(CCC(F)(F)F)NC(=O)[C@@H]1C[C@@H](C(C)C)CN1C(=O)[C@@H](NC(=O)N[C@H](C(=O)C1CC1)C1CCCCC1)C1CCCCC1. The van der Waals surface area contributed by atoms with Crippen LogP contribution in [0.2, 0.25) is 0 Å². The van der Waals surface area contributed by atoms with Crippen LogP contribution in [0.4, 0.5) is 18.0 Å². The first-order valence-electron chi connectivity index (χ1n) is 19.3. The van der Waals surface area contributed by atoms with E-state index in [2.05, 4.69) is 21.3 Å². The summed E-state index contributed by atoms with van der Waals surface area (Å²) in [7, 11) is 0. The van der Waals surface area contributed by atoms with Gasteiger partial charge in [0, 0.05) is 25.4 Å². The smallest absolute Gasteiger partial charge is 0.349 e. The summed E-state index contributed by atoms with van der Waals surface area (Å²) >= 11 is 0. The van der Waals surface area contributed by atoms with Crippen LogP contribution >= 0.6 is 0 Å². The van der Waals surface area contributed by atoms with E-state index in [4.69, 9.17) is 0 Å². The number of amides is 5. The lowest BCUT2D eigenvalue weighted by Gasteiger charge is -2.36. The molecule has 3 saturated carbocycles. The number of urea groups is 1. The molecule has 4 fully saturated rings. The van der Waals surface area contributed by atoms with Crippen molar-refractivity contribution in [2.45, 2.75) is 154 Å². The molecule has 0 spiro atoms. The molecule has 11 nitrogen and oxygen atoms in total. The minimum atomic E-state index is -4.63. The molecular weight excluding hydrogens is 667 g/mol. The predicted octanol–water partition coefficient (Wildman–Crippen LogP) is 4.96. The Labute approximate surface area is 299 Å². The zero-order valence-corrected chi connectivity index (χ0v) is 30.5. The Balaban J connectivity index is 1.55. The second kappa shape index (κ2) is 18.5. The summed E-state index contributed by atoms with van der Waals surface area (Å²) in [6.07, 6.45) is 4.37. The van der Waals surface area contributed by atoms with Crippen molar-refractivity contribution >= 4 is 35.3 Å². The molecule has 5 atom stereocenters. The van der Waals surface area contributed by atoms with E-state index in [1.165, 1.54) is 4.90 Å². The first-order chi connectivity index (χ1) is 24.2.